The van der Waals surface area contributed by atoms with E-state index in [-0.39, 0.29) is 18.3 Å². The van der Waals surface area contributed by atoms with Gasteiger partial charge in [0.05, 0.1) is 18.4 Å². The van der Waals surface area contributed by atoms with Crippen molar-refractivity contribution in [3.63, 3.8) is 0 Å². The van der Waals surface area contributed by atoms with E-state index in [4.69, 9.17) is 21.1 Å². The van der Waals surface area contributed by atoms with Crippen LogP contribution in [0.5, 0.6) is 11.5 Å². The molecule has 0 saturated carbocycles. The summed E-state index contributed by atoms with van der Waals surface area (Å²) in [6.45, 7) is 0.103. The number of aromatic nitrogens is 3. The fraction of sp³-hybridized carbons (Fsp3) is 0.300. The minimum Gasteiger partial charge on any atom is -0.497 e. The van der Waals surface area contributed by atoms with Crippen LogP contribution >= 0.6 is 23.1 Å². The van der Waals surface area contributed by atoms with Crippen molar-refractivity contribution >= 4 is 39.9 Å². The average molecular weight is 475 g/mol. The van der Waals surface area contributed by atoms with E-state index in [0.717, 1.165) is 41.5 Å². The highest BCUT2D eigenvalue weighted by atomic mass is 32.2. The van der Waals surface area contributed by atoms with E-state index in [9.17, 15) is 9.59 Å². The Balaban J connectivity index is 1.34. The predicted molar refractivity (Wildman–Crippen MR) is 122 cm³/mol. The molecule has 12 heteroatoms. The molecule has 0 spiro atoms. The van der Waals surface area contributed by atoms with Crippen LogP contribution in [-0.4, -0.2) is 39.6 Å². The fourth-order valence-electron chi connectivity index (χ4n) is 3.39. The number of nitrogen functional groups attached to an aromatic ring is 1. The number of hydrogen-bond donors (Lipinski definition) is 3. The Bertz CT molecular complexity index is 1160. The first-order valence-corrected chi connectivity index (χ1v) is 11.6. The lowest BCUT2D eigenvalue weighted by molar-refractivity contribution is -0.113. The molecule has 168 valence electrons. The minimum absolute atomic E-state index is 0.0485. The number of aryl methyl sites for hydroxylation is 1. The summed E-state index contributed by atoms with van der Waals surface area (Å²) in [6, 6.07) is 7.17. The van der Waals surface area contributed by atoms with Gasteiger partial charge in [-0.2, -0.15) is 0 Å². The van der Waals surface area contributed by atoms with Crippen molar-refractivity contribution in [2.24, 2.45) is 5.73 Å². The molecule has 4 rings (SSSR count). The van der Waals surface area contributed by atoms with E-state index in [1.165, 1.54) is 16.0 Å². The topological polar surface area (TPSA) is 147 Å². The van der Waals surface area contributed by atoms with Crippen molar-refractivity contribution in [1.29, 1.82) is 0 Å². The number of benzene rings is 1. The van der Waals surface area contributed by atoms with Crippen LogP contribution in [-0.2, 0) is 24.2 Å². The number of anilines is 1. The van der Waals surface area contributed by atoms with Crippen molar-refractivity contribution in [3.8, 4) is 11.5 Å². The Morgan fingerprint density at radius 3 is 2.88 bits per heavy atom. The highest BCUT2D eigenvalue weighted by Crippen LogP contribution is 2.38. The first-order valence-electron chi connectivity index (χ1n) is 9.79. The van der Waals surface area contributed by atoms with Crippen LogP contribution in [0.1, 0.15) is 33.0 Å². The fourth-order valence-corrected chi connectivity index (χ4v) is 5.37. The van der Waals surface area contributed by atoms with Crippen LogP contribution in [0.25, 0.3) is 0 Å². The van der Waals surface area contributed by atoms with Gasteiger partial charge in [-0.05, 0) is 37.0 Å². The Labute approximate surface area is 192 Å². The number of rotatable bonds is 9. The number of nitrogens with zero attached hydrogens (tertiary/aromatic N) is 3. The summed E-state index contributed by atoms with van der Waals surface area (Å²) >= 11 is 2.55. The third-order valence-corrected chi connectivity index (χ3v) is 7.05. The standard InChI is InChI=1S/C20H22N6O4S2/c1-29-11-4-2-5-12(8-11)30-9-15-24-25-20(26(15)22)31-10-16(27)23-19-17(18(21)28)13-6-3-7-14(13)32-19/h2,4-5,8H,3,6-7,9-10,22H2,1H3,(H2,21,28)(H,23,27). The SMILES string of the molecule is COc1cccc(OCc2nnc(SCC(=O)Nc3sc4c(c3C(N)=O)CCC4)n2N)c1. The molecule has 2 amide bonds. The van der Waals surface area contributed by atoms with Crippen LogP contribution in [0.4, 0.5) is 5.00 Å². The molecule has 32 heavy (non-hydrogen) atoms. The number of hydrogen-bond acceptors (Lipinski definition) is 9. The molecule has 2 aromatic heterocycles. The van der Waals surface area contributed by atoms with Crippen LogP contribution in [0.15, 0.2) is 29.4 Å². The highest BCUT2D eigenvalue weighted by molar-refractivity contribution is 7.99. The van der Waals surface area contributed by atoms with Crippen LogP contribution in [0, 0.1) is 0 Å². The zero-order chi connectivity index (χ0) is 22.7. The highest BCUT2D eigenvalue weighted by Gasteiger charge is 2.26. The molecule has 0 unspecified atom stereocenters. The van der Waals surface area contributed by atoms with Gasteiger partial charge < -0.3 is 26.4 Å². The number of ether oxygens (including phenoxy) is 2. The lowest BCUT2D eigenvalue weighted by atomic mass is 10.1. The van der Waals surface area contributed by atoms with Crippen LogP contribution < -0.4 is 26.4 Å². The number of amides is 2. The number of methoxy groups -OCH3 is 1. The van der Waals surface area contributed by atoms with E-state index in [2.05, 4.69) is 15.5 Å². The minimum atomic E-state index is -0.519. The van der Waals surface area contributed by atoms with E-state index >= 15 is 0 Å². The summed E-state index contributed by atoms with van der Waals surface area (Å²) in [6.07, 6.45) is 2.72. The van der Waals surface area contributed by atoms with Gasteiger partial charge in [-0.1, -0.05) is 17.8 Å². The van der Waals surface area contributed by atoms with E-state index in [1.54, 1.807) is 19.2 Å². The third-order valence-electron chi connectivity index (χ3n) is 4.90. The van der Waals surface area contributed by atoms with Crippen molar-refractivity contribution in [2.45, 2.75) is 31.0 Å². The molecule has 2 heterocycles. The summed E-state index contributed by atoms with van der Waals surface area (Å²) in [7, 11) is 1.58. The summed E-state index contributed by atoms with van der Waals surface area (Å²) in [5.74, 6) is 6.98. The van der Waals surface area contributed by atoms with Gasteiger partial charge >= 0.3 is 0 Å². The number of fused-ring (bicyclic) bond motifs is 1. The molecule has 0 fully saturated rings. The van der Waals surface area contributed by atoms with Crippen molar-refractivity contribution in [2.75, 3.05) is 24.0 Å². The monoisotopic (exact) mass is 474 g/mol. The van der Waals surface area contributed by atoms with Gasteiger partial charge in [0.25, 0.3) is 5.91 Å². The number of carbonyl (C=O) groups excluding carboxylic acids is 2. The maximum atomic E-state index is 12.5. The number of primary amides is 1. The number of thiophene rings is 1. The van der Waals surface area contributed by atoms with E-state index in [1.807, 2.05) is 12.1 Å². The third kappa shape index (κ3) is 4.65. The second-order valence-corrected chi connectivity index (χ2v) is 9.05. The Morgan fingerprint density at radius 1 is 1.28 bits per heavy atom. The molecule has 0 atom stereocenters. The van der Waals surface area contributed by atoms with Gasteiger partial charge in [0.2, 0.25) is 11.1 Å². The van der Waals surface area contributed by atoms with Gasteiger partial charge in [-0.25, -0.2) is 4.68 Å². The number of thioether (sulfide) groups is 1. The molecule has 3 aromatic rings. The maximum absolute atomic E-state index is 12.5. The largest absolute Gasteiger partial charge is 0.497 e. The number of carbonyl (C=O) groups is 2. The average Bonchev–Trinajstić information content (AvgIpc) is 3.45. The first-order chi connectivity index (χ1) is 15.5. The molecule has 0 radical (unpaired) electrons. The second-order valence-electron chi connectivity index (χ2n) is 7.00. The summed E-state index contributed by atoms with van der Waals surface area (Å²) in [5, 5.41) is 11.7. The molecule has 1 aliphatic rings. The van der Waals surface area contributed by atoms with Crippen molar-refractivity contribution in [3.05, 3.63) is 46.1 Å². The van der Waals surface area contributed by atoms with Crippen LogP contribution in [0.2, 0.25) is 0 Å². The molecule has 5 N–H and O–H groups in total. The van der Waals surface area contributed by atoms with Crippen molar-refractivity contribution < 1.29 is 19.1 Å². The normalized spacial score (nSPS) is 12.4. The van der Waals surface area contributed by atoms with Gasteiger partial charge in [0.15, 0.2) is 5.82 Å². The molecule has 1 aromatic carbocycles. The molecular formula is C20H22N6O4S2. The molecule has 0 bridgehead atoms. The number of nitrogens with one attached hydrogen (secondary N) is 1. The summed E-state index contributed by atoms with van der Waals surface area (Å²) in [4.78, 5) is 25.4. The van der Waals surface area contributed by atoms with Gasteiger partial charge in [-0.3, -0.25) is 9.59 Å². The quantitative estimate of drug-likeness (QED) is 0.315. The Morgan fingerprint density at radius 2 is 2.09 bits per heavy atom. The molecule has 0 saturated heterocycles. The summed E-state index contributed by atoms with van der Waals surface area (Å²) < 4.78 is 12.1. The first kappa shape index (κ1) is 22.0. The van der Waals surface area contributed by atoms with Gasteiger partial charge in [0, 0.05) is 10.9 Å². The molecule has 0 aliphatic heterocycles. The zero-order valence-electron chi connectivity index (χ0n) is 17.3. The summed E-state index contributed by atoms with van der Waals surface area (Å²) in [5.41, 5.74) is 6.93. The Hall–Kier alpha value is -3.25. The lowest BCUT2D eigenvalue weighted by Gasteiger charge is -2.08. The maximum Gasteiger partial charge on any atom is 0.251 e. The van der Waals surface area contributed by atoms with E-state index in [0.29, 0.717) is 33.0 Å². The Kier molecular flexibility index (Phi) is 6.51. The zero-order valence-corrected chi connectivity index (χ0v) is 18.9. The number of nitrogens with two attached hydrogens (primary N) is 2. The van der Waals surface area contributed by atoms with E-state index < -0.39 is 5.91 Å². The second kappa shape index (κ2) is 9.49. The smallest absolute Gasteiger partial charge is 0.251 e. The molecular weight excluding hydrogens is 452 g/mol. The van der Waals surface area contributed by atoms with Gasteiger partial charge in [0.1, 0.15) is 23.1 Å². The molecule has 10 nitrogen and oxygen atoms in total. The van der Waals surface area contributed by atoms with Crippen molar-refractivity contribution in [1.82, 2.24) is 14.9 Å². The molecule has 1 aliphatic carbocycles. The van der Waals surface area contributed by atoms with Gasteiger partial charge in [-0.15, -0.1) is 21.5 Å². The predicted octanol–water partition coefficient (Wildman–Crippen LogP) is 1.96. The van der Waals surface area contributed by atoms with Crippen LogP contribution in [0.3, 0.4) is 0 Å². The lowest BCUT2D eigenvalue weighted by Crippen LogP contribution is -2.20.